The van der Waals surface area contributed by atoms with E-state index in [0.717, 1.165) is 57.8 Å². The molecule has 6 nitrogen and oxygen atoms in total. The zero-order chi connectivity index (χ0) is 61.3. The number of ether oxygens (including phenoxy) is 1. The third kappa shape index (κ3) is 70.8. The Hall–Kier alpha value is -2.18. The number of hydrogen-bond acceptors (Lipinski definition) is 5. The number of amides is 1. The van der Waals surface area contributed by atoms with Gasteiger partial charge in [-0.05, 0) is 89.9 Å². The van der Waals surface area contributed by atoms with Crippen molar-refractivity contribution in [1.82, 2.24) is 5.32 Å². The molecule has 0 bridgehead atoms. The lowest BCUT2D eigenvalue weighted by Crippen LogP contribution is -2.45. The molecular weight excluding hydrogens is 1040 g/mol. The summed E-state index contributed by atoms with van der Waals surface area (Å²) in [7, 11) is 0. The van der Waals surface area contributed by atoms with Gasteiger partial charge in [-0.25, -0.2) is 0 Å². The number of carbonyl (C=O) groups is 2. The predicted molar refractivity (Wildman–Crippen MR) is 375 cm³/mol. The van der Waals surface area contributed by atoms with Crippen LogP contribution in [-0.2, 0) is 14.3 Å². The SMILES string of the molecule is CCCCCC/C=C\C/C=C\CCCCCCCCCC(=O)OCCCCCCCCCCC/C=C\C/C=C\CCCCCCCCCCCCCC(=O)NC(CO)C(O)CCCCCCCCCCCCCCCCCCCCCCCCC. The molecule has 1 amide bonds. The maximum absolute atomic E-state index is 12.6. The van der Waals surface area contributed by atoms with Gasteiger partial charge >= 0.3 is 5.97 Å². The van der Waals surface area contributed by atoms with Gasteiger partial charge in [0.2, 0.25) is 5.91 Å². The first kappa shape index (κ1) is 82.8. The minimum atomic E-state index is -0.669. The fourth-order valence-electron chi connectivity index (χ4n) is 12.0. The Morgan fingerprint density at radius 2 is 0.588 bits per heavy atom. The second kappa shape index (κ2) is 74.3. The van der Waals surface area contributed by atoms with Crippen LogP contribution in [0.1, 0.15) is 418 Å². The van der Waals surface area contributed by atoms with Gasteiger partial charge in [-0.3, -0.25) is 9.59 Å². The first-order chi connectivity index (χ1) is 42.0. The smallest absolute Gasteiger partial charge is 0.305 e. The maximum atomic E-state index is 12.6. The fourth-order valence-corrected chi connectivity index (χ4v) is 12.0. The molecule has 0 aliphatic carbocycles. The van der Waals surface area contributed by atoms with Crippen molar-refractivity contribution in [3.05, 3.63) is 48.6 Å². The number of aliphatic hydroxyl groups is 2. The van der Waals surface area contributed by atoms with Crippen molar-refractivity contribution in [2.75, 3.05) is 13.2 Å². The van der Waals surface area contributed by atoms with Gasteiger partial charge in [0.25, 0.3) is 0 Å². The number of nitrogens with one attached hydrogen (secondary N) is 1. The zero-order valence-corrected chi connectivity index (χ0v) is 57.4. The summed E-state index contributed by atoms with van der Waals surface area (Å²) < 4.78 is 5.50. The summed E-state index contributed by atoms with van der Waals surface area (Å²) >= 11 is 0. The van der Waals surface area contributed by atoms with Gasteiger partial charge in [0.05, 0.1) is 25.4 Å². The van der Waals surface area contributed by atoms with Crippen molar-refractivity contribution in [3.8, 4) is 0 Å². The van der Waals surface area contributed by atoms with Crippen molar-refractivity contribution in [2.45, 2.75) is 431 Å². The summed E-state index contributed by atoms with van der Waals surface area (Å²) in [6.45, 7) is 4.97. The van der Waals surface area contributed by atoms with Crippen molar-refractivity contribution in [1.29, 1.82) is 0 Å². The Morgan fingerprint density at radius 1 is 0.329 bits per heavy atom. The third-order valence-corrected chi connectivity index (χ3v) is 17.9. The summed E-state index contributed by atoms with van der Waals surface area (Å²) in [5.74, 6) is -0.0300. The van der Waals surface area contributed by atoms with Crippen LogP contribution >= 0.6 is 0 Å². The summed E-state index contributed by atoms with van der Waals surface area (Å²) in [5, 5.41) is 23.5. The maximum Gasteiger partial charge on any atom is 0.305 e. The Labute approximate surface area is 531 Å². The van der Waals surface area contributed by atoms with E-state index in [1.807, 2.05) is 0 Å². The van der Waals surface area contributed by atoms with Gasteiger partial charge in [0.1, 0.15) is 0 Å². The van der Waals surface area contributed by atoms with Gasteiger partial charge in [0.15, 0.2) is 0 Å². The summed E-state index contributed by atoms with van der Waals surface area (Å²) in [6.07, 6.45) is 97.5. The van der Waals surface area contributed by atoms with Gasteiger partial charge in [-0.15, -0.1) is 0 Å². The number of allylic oxidation sites excluding steroid dienone is 8. The number of rotatable bonds is 72. The normalized spacial score (nSPS) is 12.8. The Kier molecular flexibility index (Phi) is 72.4. The van der Waals surface area contributed by atoms with Crippen LogP contribution in [0.4, 0.5) is 0 Å². The summed E-state index contributed by atoms with van der Waals surface area (Å²) in [4.78, 5) is 24.7. The molecule has 0 rings (SSSR count). The standard InChI is InChI=1S/C79H149NO5/c1-3-5-7-9-11-13-15-17-19-21-23-24-30-33-36-39-43-47-51-55-59-63-67-71-77(82)76(75-81)80-78(83)72-68-64-60-56-52-48-44-40-37-34-31-28-26-25-27-29-32-35-38-42-46-50-54-58-62-66-70-74-85-79(84)73-69-65-61-57-53-49-45-41-22-20-18-16-14-12-10-8-6-4-2/h14,16,20,22,25-26,29,32,76-77,81-82H,3-13,15,17-19,21,23-24,27-28,30-31,33-75H2,1-2H3,(H,80,83)/b16-14-,22-20-,26-25-,32-29-. The Bertz CT molecular complexity index is 1420. The molecular formula is C79H149NO5. The zero-order valence-electron chi connectivity index (χ0n) is 57.4. The van der Waals surface area contributed by atoms with Crippen molar-refractivity contribution >= 4 is 11.9 Å². The molecule has 0 saturated carbocycles. The number of hydrogen-bond donors (Lipinski definition) is 3. The van der Waals surface area contributed by atoms with Crippen LogP contribution in [0.5, 0.6) is 0 Å². The van der Waals surface area contributed by atoms with E-state index in [1.54, 1.807) is 0 Å². The van der Waals surface area contributed by atoms with E-state index in [4.69, 9.17) is 4.74 Å². The molecule has 85 heavy (non-hydrogen) atoms. The Morgan fingerprint density at radius 3 is 0.906 bits per heavy atom. The molecule has 0 saturated heterocycles. The molecule has 3 N–H and O–H groups in total. The molecule has 2 unspecified atom stereocenters. The van der Waals surface area contributed by atoms with Gasteiger partial charge in [-0.2, -0.15) is 0 Å². The highest BCUT2D eigenvalue weighted by atomic mass is 16.5. The van der Waals surface area contributed by atoms with Crippen LogP contribution in [0.3, 0.4) is 0 Å². The van der Waals surface area contributed by atoms with Crippen LogP contribution in [-0.4, -0.2) is 47.4 Å². The highest BCUT2D eigenvalue weighted by Crippen LogP contribution is 2.19. The average Bonchev–Trinajstić information content (AvgIpc) is 3.51. The minimum Gasteiger partial charge on any atom is -0.466 e. The molecule has 0 aromatic carbocycles. The quantitative estimate of drug-likeness (QED) is 0.0320. The van der Waals surface area contributed by atoms with E-state index < -0.39 is 12.1 Å². The topological polar surface area (TPSA) is 95.9 Å². The number of esters is 1. The summed E-state index contributed by atoms with van der Waals surface area (Å²) in [5.41, 5.74) is 0. The lowest BCUT2D eigenvalue weighted by molar-refractivity contribution is -0.143. The third-order valence-electron chi connectivity index (χ3n) is 17.9. The number of aliphatic hydroxyl groups excluding tert-OH is 2. The van der Waals surface area contributed by atoms with Crippen LogP contribution in [0.25, 0.3) is 0 Å². The van der Waals surface area contributed by atoms with Crippen LogP contribution in [0.15, 0.2) is 48.6 Å². The van der Waals surface area contributed by atoms with Crippen LogP contribution in [0, 0.1) is 0 Å². The molecule has 2 atom stereocenters. The lowest BCUT2D eigenvalue weighted by atomic mass is 10.0. The van der Waals surface area contributed by atoms with Crippen LogP contribution < -0.4 is 5.32 Å². The monoisotopic (exact) mass is 1190 g/mol. The first-order valence-electron chi connectivity index (χ1n) is 38.4. The number of carbonyl (C=O) groups excluding carboxylic acids is 2. The van der Waals surface area contributed by atoms with Gasteiger partial charge in [0, 0.05) is 12.8 Å². The molecule has 0 radical (unpaired) electrons. The number of unbranched alkanes of at least 4 members (excludes halogenated alkanes) is 53. The van der Waals surface area contributed by atoms with E-state index in [0.29, 0.717) is 25.9 Å². The molecule has 0 heterocycles. The highest BCUT2D eigenvalue weighted by molar-refractivity contribution is 5.76. The van der Waals surface area contributed by atoms with Gasteiger partial charge < -0.3 is 20.3 Å². The van der Waals surface area contributed by atoms with E-state index in [-0.39, 0.29) is 18.5 Å². The fraction of sp³-hybridized carbons (Fsp3) is 0.873. The lowest BCUT2D eigenvalue weighted by Gasteiger charge is -2.22. The highest BCUT2D eigenvalue weighted by Gasteiger charge is 2.20. The predicted octanol–water partition coefficient (Wildman–Crippen LogP) is 25.2. The molecule has 0 aliphatic rings. The summed E-state index contributed by atoms with van der Waals surface area (Å²) in [6, 6.07) is -0.546. The molecule has 6 heteroatoms. The van der Waals surface area contributed by atoms with E-state index in [9.17, 15) is 19.8 Å². The van der Waals surface area contributed by atoms with Gasteiger partial charge in [-0.1, -0.05) is 364 Å². The second-order valence-electron chi connectivity index (χ2n) is 26.3. The Balaban J connectivity index is 3.42. The van der Waals surface area contributed by atoms with Crippen molar-refractivity contribution in [2.24, 2.45) is 0 Å². The average molecular weight is 1190 g/mol. The molecule has 0 aliphatic heterocycles. The van der Waals surface area contributed by atoms with Crippen LogP contribution in [0.2, 0.25) is 0 Å². The first-order valence-corrected chi connectivity index (χ1v) is 38.4. The van der Waals surface area contributed by atoms with E-state index in [2.05, 4.69) is 67.8 Å². The molecule has 0 spiro atoms. The largest absolute Gasteiger partial charge is 0.466 e. The molecule has 0 fully saturated rings. The molecule has 500 valence electrons. The van der Waals surface area contributed by atoms with E-state index >= 15 is 0 Å². The van der Waals surface area contributed by atoms with E-state index in [1.165, 1.54) is 327 Å². The second-order valence-corrected chi connectivity index (χ2v) is 26.3. The van der Waals surface area contributed by atoms with Crippen molar-refractivity contribution < 1.29 is 24.5 Å². The molecule has 0 aromatic heterocycles. The minimum absolute atomic E-state index is 0.00386. The molecule has 0 aromatic rings. The van der Waals surface area contributed by atoms with Crippen molar-refractivity contribution in [3.63, 3.8) is 0 Å².